The lowest BCUT2D eigenvalue weighted by Gasteiger charge is -2.06. The summed E-state index contributed by atoms with van der Waals surface area (Å²) in [4.78, 5) is 16.6. The molecule has 0 saturated carbocycles. The fourth-order valence-electron chi connectivity index (χ4n) is 2.52. The van der Waals surface area contributed by atoms with Crippen molar-refractivity contribution in [2.45, 2.75) is 26.3 Å². The molecule has 0 unspecified atom stereocenters. The Morgan fingerprint density at radius 1 is 1.12 bits per heavy atom. The maximum Gasteiger partial charge on any atom is 0.226 e. The Morgan fingerprint density at radius 3 is 2.60 bits per heavy atom. The van der Waals surface area contributed by atoms with Gasteiger partial charge in [-0.3, -0.25) is 4.79 Å². The number of nitrogens with one attached hydrogen (secondary N) is 1. The summed E-state index contributed by atoms with van der Waals surface area (Å²) < 4.78 is 5.72. The molecular weight excluding hydrogens is 336 g/mol. The summed E-state index contributed by atoms with van der Waals surface area (Å²) in [5.41, 5.74) is 2.65. The van der Waals surface area contributed by atoms with E-state index in [1.54, 1.807) is 0 Å². The van der Waals surface area contributed by atoms with Gasteiger partial charge in [-0.1, -0.05) is 48.0 Å². The summed E-state index contributed by atoms with van der Waals surface area (Å²) in [5, 5.41) is 3.54. The maximum absolute atomic E-state index is 12.1. The monoisotopic (exact) mass is 354 g/mol. The minimum Gasteiger partial charge on any atom is -0.441 e. The number of carbonyl (C=O) groups is 1. The van der Waals surface area contributed by atoms with Crippen LogP contribution in [0.4, 0.5) is 0 Å². The highest BCUT2D eigenvalue weighted by Crippen LogP contribution is 2.22. The summed E-state index contributed by atoms with van der Waals surface area (Å²) in [6.07, 6.45) is 0.891. The first-order valence-electron chi connectivity index (χ1n) is 8.15. The third kappa shape index (κ3) is 4.48. The number of oxazole rings is 1. The Morgan fingerprint density at radius 2 is 1.84 bits per heavy atom. The molecule has 1 aromatic heterocycles. The zero-order valence-corrected chi connectivity index (χ0v) is 14.7. The molecule has 128 valence electrons. The maximum atomic E-state index is 12.1. The molecule has 1 heterocycles. The molecule has 25 heavy (non-hydrogen) atoms. The van der Waals surface area contributed by atoms with Crippen LogP contribution in [0.25, 0.3) is 11.5 Å². The van der Waals surface area contributed by atoms with Crippen molar-refractivity contribution in [2.75, 3.05) is 0 Å². The lowest BCUT2D eigenvalue weighted by molar-refractivity contribution is -0.121. The summed E-state index contributed by atoms with van der Waals surface area (Å²) >= 11 is 6.09. The number of amides is 1. The smallest absolute Gasteiger partial charge is 0.226 e. The van der Waals surface area contributed by atoms with Crippen molar-refractivity contribution in [1.82, 2.24) is 10.3 Å². The standard InChI is InChI=1S/C20H19ClN2O2/c1-14-18(23-20(25-14)15-7-3-2-4-8-15)11-12-19(24)22-13-16-9-5-6-10-17(16)21/h2-10H,11-13H2,1H3,(H,22,24). The molecule has 1 amide bonds. The van der Waals surface area contributed by atoms with Crippen LogP contribution in [0.5, 0.6) is 0 Å². The van der Waals surface area contributed by atoms with E-state index in [4.69, 9.17) is 16.0 Å². The summed E-state index contributed by atoms with van der Waals surface area (Å²) in [6.45, 7) is 2.29. The summed E-state index contributed by atoms with van der Waals surface area (Å²) in [5.74, 6) is 1.30. The molecule has 0 aliphatic heterocycles. The van der Waals surface area contributed by atoms with Crippen LogP contribution in [0.2, 0.25) is 5.02 Å². The fraction of sp³-hybridized carbons (Fsp3) is 0.200. The van der Waals surface area contributed by atoms with Gasteiger partial charge in [0.1, 0.15) is 5.76 Å². The van der Waals surface area contributed by atoms with E-state index in [9.17, 15) is 4.79 Å². The molecule has 0 spiro atoms. The zero-order chi connectivity index (χ0) is 17.6. The van der Waals surface area contributed by atoms with Crippen molar-refractivity contribution in [3.8, 4) is 11.5 Å². The minimum absolute atomic E-state index is 0.0384. The van der Waals surface area contributed by atoms with Gasteiger partial charge in [0.2, 0.25) is 11.8 Å². The SMILES string of the molecule is Cc1oc(-c2ccccc2)nc1CCC(=O)NCc1ccccc1Cl. The number of nitrogens with zero attached hydrogens (tertiary/aromatic N) is 1. The molecule has 0 aliphatic carbocycles. The Hall–Kier alpha value is -2.59. The molecule has 4 nitrogen and oxygen atoms in total. The minimum atomic E-state index is -0.0384. The summed E-state index contributed by atoms with van der Waals surface area (Å²) in [7, 11) is 0. The Balaban J connectivity index is 1.56. The Bertz CT molecular complexity index is 859. The average Bonchev–Trinajstić information content (AvgIpc) is 3.01. The highest BCUT2D eigenvalue weighted by molar-refractivity contribution is 6.31. The van der Waals surface area contributed by atoms with Gasteiger partial charge >= 0.3 is 0 Å². The average molecular weight is 355 g/mol. The molecular formula is C20H19ClN2O2. The number of halogens is 1. The number of carbonyl (C=O) groups excluding carboxylic acids is 1. The van der Waals surface area contributed by atoms with Gasteiger partial charge in [-0.05, 0) is 30.7 Å². The summed E-state index contributed by atoms with van der Waals surface area (Å²) in [6, 6.07) is 17.2. The van der Waals surface area contributed by atoms with Gasteiger partial charge in [-0.25, -0.2) is 4.98 Å². The van der Waals surface area contributed by atoms with E-state index in [-0.39, 0.29) is 5.91 Å². The van der Waals surface area contributed by atoms with Crippen molar-refractivity contribution < 1.29 is 9.21 Å². The highest BCUT2D eigenvalue weighted by atomic mass is 35.5. The lowest BCUT2D eigenvalue weighted by atomic mass is 10.2. The molecule has 3 aromatic rings. The second-order valence-corrected chi connectivity index (χ2v) is 6.16. The number of aromatic nitrogens is 1. The number of aryl methyl sites for hydroxylation is 2. The first-order chi connectivity index (χ1) is 12.1. The van der Waals surface area contributed by atoms with Crippen molar-refractivity contribution in [1.29, 1.82) is 0 Å². The molecule has 0 saturated heterocycles. The normalized spacial score (nSPS) is 10.6. The molecule has 0 bridgehead atoms. The third-order valence-electron chi connectivity index (χ3n) is 3.94. The van der Waals surface area contributed by atoms with Crippen LogP contribution in [0.3, 0.4) is 0 Å². The van der Waals surface area contributed by atoms with E-state index in [2.05, 4.69) is 10.3 Å². The Kier molecular flexibility index (Phi) is 5.51. The van der Waals surface area contributed by atoms with E-state index in [0.29, 0.717) is 30.3 Å². The number of hydrogen-bond acceptors (Lipinski definition) is 3. The van der Waals surface area contributed by atoms with Gasteiger partial charge < -0.3 is 9.73 Å². The van der Waals surface area contributed by atoms with Gasteiger partial charge in [0.25, 0.3) is 0 Å². The molecule has 1 N–H and O–H groups in total. The molecule has 0 atom stereocenters. The molecule has 0 aliphatic rings. The van der Waals surface area contributed by atoms with Crippen molar-refractivity contribution in [3.05, 3.63) is 76.6 Å². The largest absolute Gasteiger partial charge is 0.441 e. The predicted octanol–water partition coefficient (Wildman–Crippen LogP) is 4.55. The zero-order valence-electron chi connectivity index (χ0n) is 14.0. The number of hydrogen-bond donors (Lipinski definition) is 1. The van der Waals surface area contributed by atoms with E-state index < -0.39 is 0 Å². The van der Waals surface area contributed by atoms with Crippen LogP contribution in [-0.2, 0) is 17.8 Å². The second-order valence-electron chi connectivity index (χ2n) is 5.76. The molecule has 3 rings (SSSR count). The van der Waals surface area contributed by atoms with Crippen LogP contribution in [0.1, 0.15) is 23.4 Å². The van der Waals surface area contributed by atoms with E-state index in [1.165, 1.54) is 0 Å². The molecule has 0 fully saturated rings. The first kappa shape index (κ1) is 17.2. The molecule has 5 heteroatoms. The van der Waals surface area contributed by atoms with Crippen LogP contribution >= 0.6 is 11.6 Å². The van der Waals surface area contributed by atoms with Crippen molar-refractivity contribution in [3.63, 3.8) is 0 Å². The van der Waals surface area contributed by atoms with Gasteiger partial charge in [0.05, 0.1) is 5.69 Å². The number of benzene rings is 2. The van der Waals surface area contributed by atoms with E-state index in [1.807, 2.05) is 61.5 Å². The van der Waals surface area contributed by atoms with Gasteiger partial charge in [0.15, 0.2) is 0 Å². The van der Waals surface area contributed by atoms with Gasteiger partial charge in [-0.2, -0.15) is 0 Å². The van der Waals surface area contributed by atoms with E-state index >= 15 is 0 Å². The third-order valence-corrected chi connectivity index (χ3v) is 4.30. The second kappa shape index (κ2) is 7.99. The van der Waals surface area contributed by atoms with Crippen LogP contribution in [0, 0.1) is 6.92 Å². The van der Waals surface area contributed by atoms with Gasteiger partial charge in [-0.15, -0.1) is 0 Å². The van der Waals surface area contributed by atoms with Crippen molar-refractivity contribution in [2.24, 2.45) is 0 Å². The van der Waals surface area contributed by atoms with Crippen LogP contribution in [-0.4, -0.2) is 10.9 Å². The number of rotatable bonds is 6. The van der Waals surface area contributed by atoms with Crippen molar-refractivity contribution >= 4 is 17.5 Å². The Labute approximate surface area is 151 Å². The van der Waals surface area contributed by atoms with Crippen LogP contribution in [0.15, 0.2) is 59.0 Å². The quantitative estimate of drug-likeness (QED) is 0.706. The van der Waals surface area contributed by atoms with Crippen LogP contribution < -0.4 is 5.32 Å². The van der Waals surface area contributed by atoms with E-state index in [0.717, 1.165) is 22.6 Å². The molecule has 2 aromatic carbocycles. The lowest BCUT2D eigenvalue weighted by Crippen LogP contribution is -2.23. The topological polar surface area (TPSA) is 55.1 Å². The predicted molar refractivity (Wildman–Crippen MR) is 98.3 cm³/mol. The highest BCUT2D eigenvalue weighted by Gasteiger charge is 2.13. The molecule has 0 radical (unpaired) electrons. The van der Waals surface area contributed by atoms with Gasteiger partial charge in [0, 0.05) is 30.0 Å². The fourth-order valence-corrected chi connectivity index (χ4v) is 2.72. The first-order valence-corrected chi connectivity index (χ1v) is 8.53.